The second-order valence-corrected chi connectivity index (χ2v) is 6.04. The summed E-state index contributed by atoms with van der Waals surface area (Å²) in [6, 6.07) is -0.159. The highest BCUT2D eigenvalue weighted by atomic mass is 16.3. The first kappa shape index (κ1) is 13.6. The standard InChI is InChI=1S/C15H22N2O3/c18-10-13-2-1-7-17(13)15(20)12-5-8-16(9-6-12)14(19)11-3-4-11/h1-2,11-13,18H,3-10H2/t13-/m0/s1. The highest BCUT2D eigenvalue weighted by Gasteiger charge is 2.37. The van der Waals surface area contributed by atoms with E-state index in [-0.39, 0.29) is 36.3 Å². The van der Waals surface area contributed by atoms with E-state index in [4.69, 9.17) is 0 Å². The van der Waals surface area contributed by atoms with Crippen LogP contribution in [0.1, 0.15) is 25.7 Å². The molecule has 3 rings (SSSR count). The molecule has 110 valence electrons. The zero-order chi connectivity index (χ0) is 14.1. The van der Waals surface area contributed by atoms with E-state index in [2.05, 4.69) is 0 Å². The Kier molecular flexibility index (Phi) is 3.78. The van der Waals surface area contributed by atoms with Gasteiger partial charge in [-0.3, -0.25) is 9.59 Å². The first-order valence-electron chi connectivity index (χ1n) is 7.57. The van der Waals surface area contributed by atoms with Gasteiger partial charge in [0, 0.05) is 31.5 Å². The molecule has 0 spiro atoms. The molecule has 0 unspecified atom stereocenters. The van der Waals surface area contributed by atoms with Crippen molar-refractivity contribution in [3.05, 3.63) is 12.2 Å². The van der Waals surface area contributed by atoms with Crippen LogP contribution in [0.2, 0.25) is 0 Å². The number of aliphatic hydroxyl groups excluding tert-OH is 1. The third-order valence-corrected chi connectivity index (χ3v) is 4.61. The predicted octanol–water partition coefficient (Wildman–Crippen LogP) is 0.394. The van der Waals surface area contributed by atoms with Crippen LogP contribution >= 0.6 is 0 Å². The van der Waals surface area contributed by atoms with Gasteiger partial charge in [-0.1, -0.05) is 12.2 Å². The van der Waals surface area contributed by atoms with Gasteiger partial charge in [-0.25, -0.2) is 0 Å². The number of hydrogen-bond acceptors (Lipinski definition) is 3. The van der Waals surface area contributed by atoms with Crippen LogP contribution in [-0.2, 0) is 9.59 Å². The van der Waals surface area contributed by atoms with Crippen molar-refractivity contribution in [3.8, 4) is 0 Å². The van der Waals surface area contributed by atoms with Gasteiger partial charge in [0.05, 0.1) is 12.6 Å². The quantitative estimate of drug-likeness (QED) is 0.760. The molecule has 0 aromatic rings. The van der Waals surface area contributed by atoms with E-state index < -0.39 is 0 Å². The molecule has 5 nitrogen and oxygen atoms in total. The van der Waals surface area contributed by atoms with Gasteiger partial charge in [-0.2, -0.15) is 0 Å². The summed E-state index contributed by atoms with van der Waals surface area (Å²) in [5.74, 6) is 0.690. The normalized spacial score (nSPS) is 27.1. The molecular formula is C15H22N2O3. The van der Waals surface area contributed by atoms with E-state index in [0.29, 0.717) is 19.6 Å². The van der Waals surface area contributed by atoms with Crippen molar-refractivity contribution in [2.24, 2.45) is 11.8 Å². The fraction of sp³-hybridized carbons (Fsp3) is 0.733. The lowest BCUT2D eigenvalue weighted by Crippen LogP contribution is -2.47. The van der Waals surface area contributed by atoms with Crippen molar-refractivity contribution >= 4 is 11.8 Å². The molecule has 1 saturated carbocycles. The van der Waals surface area contributed by atoms with Gasteiger partial charge in [0.15, 0.2) is 0 Å². The molecule has 20 heavy (non-hydrogen) atoms. The van der Waals surface area contributed by atoms with E-state index in [1.54, 1.807) is 4.90 Å². The van der Waals surface area contributed by atoms with Crippen molar-refractivity contribution in [2.45, 2.75) is 31.7 Å². The highest BCUT2D eigenvalue weighted by molar-refractivity contribution is 5.82. The van der Waals surface area contributed by atoms with Crippen molar-refractivity contribution in [1.82, 2.24) is 9.80 Å². The zero-order valence-electron chi connectivity index (χ0n) is 11.7. The van der Waals surface area contributed by atoms with E-state index in [1.807, 2.05) is 17.1 Å². The van der Waals surface area contributed by atoms with Crippen LogP contribution in [0.3, 0.4) is 0 Å². The number of likely N-dealkylation sites (tertiary alicyclic amines) is 1. The number of amides is 2. The third kappa shape index (κ3) is 2.59. The van der Waals surface area contributed by atoms with Gasteiger partial charge >= 0.3 is 0 Å². The molecule has 1 aliphatic carbocycles. The fourth-order valence-corrected chi connectivity index (χ4v) is 3.15. The van der Waals surface area contributed by atoms with Crippen LogP contribution in [0.15, 0.2) is 12.2 Å². The molecule has 2 heterocycles. The average Bonchev–Trinajstić information content (AvgIpc) is 3.23. The van der Waals surface area contributed by atoms with Crippen molar-refractivity contribution in [3.63, 3.8) is 0 Å². The maximum absolute atomic E-state index is 12.5. The lowest BCUT2D eigenvalue weighted by Gasteiger charge is -2.34. The first-order valence-corrected chi connectivity index (χ1v) is 7.57. The summed E-state index contributed by atoms with van der Waals surface area (Å²) in [6.45, 7) is 2.00. The van der Waals surface area contributed by atoms with Crippen LogP contribution in [0, 0.1) is 11.8 Å². The van der Waals surface area contributed by atoms with E-state index >= 15 is 0 Å². The van der Waals surface area contributed by atoms with Gasteiger partial charge in [0.2, 0.25) is 11.8 Å². The SMILES string of the molecule is O=C(C1CC1)N1CCC(C(=O)N2CC=C[C@H]2CO)CC1. The summed E-state index contributed by atoms with van der Waals surface area (Å²) >= 11 is 0. The van der Waals surface area contributed by atoms with Crippen LogP contribution < -0.4 is 0 Å². The molecule has 0 radical (unpaired) electrons. The smallest absolute Gasteiger partial charge is 0.226 e. The Morgan fingerprint density at radius 2 is 1.70 bits per heavy atom. The lowest BCUT2D eigenvalue weighted by molar-refractivity contribution is -0.142. The van der Waals surface area contributed by atoms with Gasteiger partial charge < -0.3 is 14.9 Å². The average molecular weight is 278 g/mol. The molecule has 1 atom stereocenters. The Morgan fingerprint density at radius 3 is 2.30 bits per heavy atom. The van der Waals surface area contributed by atoms with Gasteiger partial charge in [0.25, 0.3) is 0 Å². The molecule has 1 saturated heterocycles. The van der Waals surface area contributed by atoms with Gasteiger partial charge in [-0.05, 0) is 25.7 Å². The second-order valence-electron chi connectivity index (χ2n) is 6.04. The Balaban J connectivity index is 1.52. The predicted molar refractivity (Wildman–Crippen MR) is 73.8 cm³/mol. The largest absolute Gasteiger partial charge is 0.394 e. The highest BCUT2D eigenvalue weighted by Crippen LogP contribution is 2.32. The fourth-order valence-electron chi connectivity index (χ4n) is 3.15. The summed E-state index contributed by atoms with van der Waals surface area (Å²) in [7, 11) is 0. The minimum absolute atomic E-state index is 0.00667. The molecule has 0 bridgehead atoms. The van der Waals surface area contributed by atoms with Crippen LogP contribution in [-0.4, -0.2) is 59.0 Å². The molecule has 5 heteroatoms. The molecular weight excluding hydrogens is 256 g/mol. The lowest BCUT2D eigenvalue weighted by atomic mass is 9.94. The van der Waals surface area contributed by atoms with Crippen LogP contribution in [0.4, 0.5) is 0 Å². The maximum Gasteiger partial charge on any atom is 0.226 e. The number of carbonyl (C=O) groups is 2. The van der Waals surface area contributed by atoms with Gasteiger partial charge in [0.1, 0.15) is 0 Å². The zero-order valence-corrected chi connectivity index (χ0v) is 11.7. The first-order chi connectivity index (χ1) is 9.70. The molecule has 2 amide bonds. The summed E-state index contributed by atoms with van der Waals surface area (Å²) in [6.07, 6.45) is 7.41. The summed E-state index contributed by atoms with van der Waals surface area (Å²) in [5, 5.41) is 9.27. The van der Waals surface area contributed by atoms with Crippen LogP contribution in [0.25, 0.3) is 0 Å². The maximum atomic E-state index is 12.5. The number of nitrogens with zero attached hydrogens (tertiary/aromatic N) is 2. The number of hydrogen-bond donors (Lipinski definition) is 1. The molecule has 2 fully saturated rings. The Labute approximate surface area is 119 Å². The Bertz CT molecular complexity index is 423. The van der Waals surface area contributed by atoms with Crippen molar-refractivity contribution < 1.29 is 14.7 Å². The monoisotopic (exact) mass is 278 g/mol. The molecule has 1 N–H and O–H groups in total. The number of carbonyl (C=O) groups excluding carboxylic acids is 2. The van der Waals surface area contributed by atoms with E-state index in [0.717, 1.165) is 25.7 Å². The summed E-state index contributed by atoms with van der Waals surface area (Å²) < 4.78 is 0. The van der Waals surface area contributed by atoms with Crippen molar-refractivity contribution in [2.75, 3.05) is 26.2 Å². The van der Waals surface area contributed by atoms with Crippen LogP contribution in [0.5, 0.6) is 0 Å². The molecule has 0 aromatic heterocycles. The molecule has 3 aliphatic rings. The summed E-state index contributed by atoms with van der Waals surface area (Å²) in [4.78, 5) is 28.1. The topological polar surface area (TPSA) is 60.9 Å². The third-order valence-electron chi connectivity index (χ3n) is 4.61. The number of rotatable bonds is 3. The number of piperidine rings is 1. The van der Waals surface area contributed by atoms with E-state index in [1.165, 1.54) is 0 Å². The molecule has 0 aromatic carbocycles. The molecule has 2 aliphatic heterocycles. The minimum atomic E-state index is -0.159. The Morgan fingerprint density at radius 1 is 1.05 bits per heavy atom. The van der Waals surface area contributed by atoms with Crippen molar-refractivity contribution in [1.29, 1.82) is 0 Å². The summed E-state index contributed by atoms with van der Waals surface area (Å²) in [5.41, 5.74) is 0. The van der Waals surface area contributed by atoms with Gasteiger partial charge in [-0.15, -0.1) is 0 Å². The Hall–Kier alpha value is -1.36. The van der Waals surface area contributed by atoms with E-state index in [9.17, 15) is 14.7 Å². The second kappa shape index (κ2) is 5.56. The minimum Gasteiger partial charge on any atom is -0.394 e. The number of aliphatic hydroxyl groups is 1.